The summed E-state index contributed by atoms with van der Waals surface area (Å²) in [5.74, 6) is -2.41. The van der Waals surface area contributed by atoms with E-state index in [1.54, 1.807) is 0 Å². The van der Waals surface area contributed by atoms with Crippen LogP contribution >= 0.6 is 0 Å². The van der Waals surface area contributed by atoms with E-state index in [0.29, 0.717) is 19.3 Å². The lowest BCUT2D eigenvalue weighted by Gasteiger charge is -2.37. The van der Waals surface area contributed by atoms with E-state index in [4.69, 9.17) is 0 Å². The van der Waals surface area contributed by atoms with Crippen molar-refractivity contribution in [3.63, 3.8) is 0 Å². The molecule has 0 bridgehead atoms. The molecule has 0 rings (SSSR count). The molecule has 0 spiro atoms. The Hall–Kier alpha value is -1.06. The Balaban J connectivity index is 5.60. The number of rotatable bonds is 10. The fourth-order valence-corrected chi connectivity index (χ4v) is 3.19. The summed E-state index contributed by atoms with van der Waals surface area (Å²) in [4.78, 5) is 23.6. The zero-order valence-electron chi connectivity index (χ0n) is 13.5. The molecule has 0 aliphatic rings. The molecule has 4 nitrogen and oxygen atoms in total. The molecule has 0 aliphatic heterocycles. The van der Waals surface area contributed by atoms with E-state index in [9.17, 15) is 19.8 Å². The maximum absolute atomic E-state index is 11.9. The molecular formula is C16H30O4. The molecule has 0 aliphatic carbocycles. The molecule has 0 saturated heterocycles. The molecule has 20 heavy (non-hydrogen) atoms. The number of carbonyl (C=O) groups is 2. The summed E-state index contributed by atoms with van der Waals surface area (Å²) < 4.78 is 0. The highest BCUT2D eigenvalue weighted by Gasteiger charge is 2.49. The number of hydrogen-bond donors (Lipinski definition) is 2. The van der Waals surface area contributed by atoms with Crippen LogP contribution in [-0.2, 0) is 9.59 Å². The van der Waals surface area contributed by atoms with Gasteiger partial charge in [-0.25, -0.2) is 0 Å². The van der Waals surface area contributed by atoms with Gasteiger partial charge in [0, 0.05) is 0 Å². The lowest BCUT2D eigenvalue weighted by atomic mass is 9.64. The second-order valence-corrected chi connectivity index (χ2v) is 6.69. The predicted molar refractivity (Wildman–Crippen MR) is 79.6 cm³/mol. The number of carboxylic acids is 2. The molecule has 0 aromatic rings. The summed E-state index contributed by atoms with van der Waals surface area (Å²) in [7, 11) is 0. The first-order valence-corrected chi connectivity index (χ1v) is 7.63. The van der Waals surface area contributed by atoms with E-state index < -0.39 is 23.3 Å². The van der Waals surface area contributed by atoms with E-state index in [1.165, 1.54) is 0 Å². The van der Waals surface area contributed by atoms with E-state index in [1.807, 2.05) is 34.6 Å². The van der Waals surface area contributed by atoms with Crippen molar-refractivity contribution in [2.45, 2.75) is 66.7 Å². The van der Waals surface area contributed by atoms with E-state index >= 15 is 0 Å². The minimum atomic E-state index is -1.15. The van der Waals surface area contributed by atoms with Gasteiger partial charge in [-0.1, -0.05) is 47.5 Å². The lowest BCUT2D eigenvalue weighted by molar-refractivity contribution is -0.166. The van der Waals surface area contributed by atoms with Crippen LogP contribution < -0.4 is 0 Å². The molecule has 0 radical (unpaired) electrons. The number of hydrogen-bond acceptors (Lipinski definition) is 2. The van der Waals surface area contributed by atoms with Gasteiger partial charge in [0.2, 0.25) is 0 Å². The molecule has 1 atom stereocenters. The Morgan fingerprint density at radius 3 is 1.70 bits per heavy atom. The van der Waals surface area contributed by atoms with Crippen molar-refractivity contribution >= 4 is 11.9 Å². The van der Waals surface area contributed by atoms with Crippen molar-refractivity contribution in [3.8, 4) is 0 Å². The number of unbranched alkanes of at least 4 members (excludes halogenated alkanes) is 1. The van der Waals surface area contributed by atoms with Crippen LogP contribution in [0.4, 0.5) is 0 Å². The Morgan fingerprint density at radius 1 is 1.00 bits per heavy atom. The summed E-state index contributed by atoms with van der Waals surface area (Å²) >= 11 is 0. The summed E-state index contributed by atoms with van der Waals surface area (Å²) in [5.41, 5.74) is -1.15. The summed E-state index contributed by atoms with van der Waals surface area (Å²) in [6.45, 7) is 9.81. The SMILES string of the molecule is CCCCC(C(=O)O)C(CC(C)C)(CC(C)C)C(=O)O. The average Bonchev–Trinajstić information content (AvgIpc) is 2.26. The van der Waals surface area contributed by atoms with Gasteiger partial charge >= 0.3 is 11.9 Å². The van der Waals surface area contributed by atoms with Gasteiger partial charge in [-0.3, -0.25) is 9.59 Å². The van der Waals surface area contributed by atoms with Gasteiger partial charge in [0.25, 0.3) is 0 Å². The second kappa shape index (κ2) is 8.28. The van der Waals surface area contributed by atoms with E-state index in [0.717, 1.165) is 12.8 Å². The van der Waals surface area contributed by atoms with Crippen molar-refractivity contribution in [2.75, 3.05) is 0 Å². The first-order chi connectivity index (χ1) is 9.17. The summed E-state index contributed by atoms with van der Waals surface area (Å²) in [6.07, 6.45) is 2.91. The normalized spacial score (nSPS) is 13.8. The van der Waals surface area contributed by atoms with Gasteiger partial charge in [0.15, 0.2) is 0 Å². The number of carboxylic acid groups (broad SMARTS) is 2. The van der Waals surface area contributed by atoms with Gasteiger partial charge in [-0.2, -0.15) is 0 Å². The van der Waals surface area contributed by atoms with Gasteiger partial charge in [0.05, 0.1) is 11.3 Å². The van der Waals surface area contributed by atoms with Crippen LogP contribution in [0, 0.1) is 23.2 Å². The van der Waals surface area contributed by atoms with E-state index in [-0.39, 0.29) is 11.8 Å². The van der Waals surface area contributed by atoms with Gasteiger partial charge in [-0.05, 0) is 31.1 Å². The van der Waals surface area contributed by atoms with Crippen molar-refractivity contribution in [1.29, 1.82) is 0 Å². The molecular weight excluding hydrogens is 256 g/mol. The fraction of sp³-hybridized carbons (Fsp3) is 0.875. The Morgan fingerprint density at radius 2 is 1.45 bits per heavy atom. The van der Waals surface area contributed by atoms with Crippen LogP contribution in [-0.4, -0.2) is 22.2 Å². The molecule has 0 fully saturated rings. The standard InChI is InChI=1S/C16H30O4/c1-6-7-8-13(14(17)18)16(15(19)20,9-11(2)3)10-12(4)5/h11-13H,6-10H2,1-5H3,(H,17,18)(H,19,20). The van der Waals surface area contributed by atoms with Crippen molar-refractivity contribution in [1.82, 2.24) is 0 Å². The molecule has 0 saturated carbocycles. The average molecular weight is 286 g/mol. The monoisotopic (exact) mass is 286 g/mol. The van der Waals surface area contributed by atoms with Crippen LogP contribution in [0.3, 0.4) is 0 Å². The third-order valence-corrected chi connectivity index (χ3v) is 3.78. The Labute approximate surface area is 122 Å². The highest BCUT2D eigenvalue weighted by Crippen LogP contribution is 2.43. The van der Waals surface area contributed by atoms with Crippen molar-refractivity contribution in [3.05, 3.63) is 0 Å². The maximum Gasteiger partial charge on any atom is 0.310 e. The predicted octanol–water partition coefficient (Wildman–Crippen LogP) is 4.04. The highest BCUT2D eigenvalue weighted by atomic mass is 16.4. The first-order valence-electron chi connectivity index (χ1n) is 7.63. The quantitative estimate of drug-likeness (QED) is 0.635. The summed E-state index contributed by atoms with van der Waals surface area (Å²) in [5, 5.41) is 19.3. The van der Waals surface area contributed by atoms with Crippen LogP contribution in [0.2, 0.25) is 0 Å². The zero-order valence-corrected chi connectivity index (χ0v) is 13.5. The molecule has 0 heterocycles. The number of aliphatic carboxylic acids is 2. The first kappa shape index (κ1) is 18.9. The molecule has 118 valence electrons. The van der Waals surface area contributed by atoms with Crippen LogP contribution in [0.15, 0.2) is 0 Å². The Kier molecular flexibility index (Phi) is 7.84. The van der Waals surface area contributed by atoms with Crippen LogP contribution in [0.5, 0.6) is 0 Å². The highest BCUT2D eigenvalue weighted by molar-refractivity contribution is 5.83. The van der Waals surface area contributed by atoms with E-state index in [2.05, 4.69) is 0 Å². The third-order valence-electron chi connectivity index (χ3n) is 3.78. The fourth-order valence-electron chi connectivity index (χ4n) is 3.19. The minimum absolute atomic E-state index is 0.160. The van der Waals surface area contributed by atoms with Crippen molar-refractivity contribution < 1.29 is 19.8 Å². The van der Waals surface area contributed by atoms with Crippen molar-refractivity contribution in [2.24, 2.45) is 23.2 Å². The minimum Gasteiger partial charge on any atom is -0.481 e. The second-order valence-electron chi connectivity index (χ2n) is 6.69. The summed E-state index contributed by atoms with van der Waals surface area (Å²) in [6, 6.07) is 0. The maximum atomic E-state index is 11.9. The third kappa shape index (κ3) is 5.14. The largest absolute Gasteiger partial charge is 0.481 e. The van der Waals surface area contributed by atoms with Gasteiger partial charge in [0.1, 0.15) is 0 Å². The molecule has 0 aromatic heterocycles. The van der Waals surface area contributed by atoms with Gasteiger partial charge in [-0.15, -0.1) is 0 Å². The van der Waals surface area contributed by atoms with Gasteiger partial charge < -0.3 is 10.2 Å². The zero-order chi connectivity index (χ0) is 15.9. The molecule has 0 aromatic carbocycles. The molecule has 2 N–H and O–H groups in total. The lowest BCUT2D eigenvalue weighted by Crippen LogP contribution is -2.44. The van der Waals surface area contributed by atoms with Crippen LogP contribution in [0.25, 0.3) is 0 Å². The van der Waals surface area contributed by atoms with Crippen LogP contribution in [0.1, 0.15) is 66.7 Å². The molecule has 4 heteroatoms. The molecule has 0 amide bonds. The topological polar surface area (TPSA) is 74.6 Å². The smallest absolute Gasteiger partial charge is 0.310 e. The Bertz CT molecular complexity index is 310. The molecule has 1 unspecified atom stereocenters.